The van der Waals surface area contributed by atoms with Crippen molar-refractivity contribution in [2.75, 3.05) is 32.7 Å². The van der Waals surface area contributed by atoms with E-state index in [4.69, 9.17) is 0 Å². The molecule has 0 aromatic rings. The van der Waals surface area contributed by atoms with Gasteiger partial charge in [0.25, 0.3) is 0 Å². The van der Waals surface area contributed by atoms with Crippen molar-refractivity contribution >= 4 is 5.96 Å². The lowest BCUT2D eigenvalue weighted by molar-refractivity contribution is 0.313. The van der Waals surface area contributed by atoms with Crippen molar-refractivity contribution in [3.8, 4) is 0 Å². The van der Waals surface area contributed by atoms with E-state index in [1.54, 1.807) is 0 Å². The second-order valence-electron chi connectivity index (χ2n) is 4.24. The molecule has 0 aliphatic heterocycles. The lowest BCUT2D eigenvalue weighted by Gasteiger charge is -2.18. The first-order valence-electron chi connectivity index (χ1n) is 6.94. The Hall–Kier alpha value is -0.770. The van der Waals surface area contributed by atoms with Crippen LogP contribution in [0.1, 0.15) is 41.0 Å². The maximum atomic E-state index is 4.59. The van der Waals surface area contributed by atoms with Gasteiger partial charge < -0.3 is 15.5 Å². The molecule has 0 aromatic carbocycles. The lowest BCUT2D eigenvalue weighted by atomic mass is 10.3. The SMILES string of the molecule is CCNC(=NCCN(CC)CC)NC(C)CC. The van der Waals surface area contributed by atoms with Crippen molar-refractivity contribution in [3.63, 3.8) is 0 Å². The first-order valence-corrected chi connectivity index (χ1v) is 6.94. The quantitative estimate of drug-likeness (QED) is 0.502. The van der Waals surface area contributed by atoms with Gasteiger partial charge in [-0.1, -0.05) is 20.8 Å². The van der Waals surface area contributed by atoms with Crippen molar-refractivity contribution in [2.45, 2.75) is 47.1 Å². The van der Waals surface area contributed by atoms with Crippen LogP contribution in [0.3, 0.4) is 0 Å². The zero-order chi connectivity index (χ0) is 13.1. The molecule has 17 heavy (non-hydrogen) atoms. The van der Waals surface area contributed by atoms with Crippen molar-refractivity contribution in [1.82, 2.24) is 15.5 Å². The summed E-state index contributed by atoms with van der Waals surface area (Å²) >= 11 is 0. The summed E-state index contributed by atoms with van der Waals surface area (Å²) in [4.78, 5) is 6.98. The molecule has 0 aromatic heterocycles. The molecule has 0 rings (SSSR count). The third-order valence-electron chi connectivity index (χ3n) is 2.92. The van der Waals surface area contributed by atoms with E-state index in [1.165, 1.54) is 0 Å². The van der Waals surface area contributed by atoms with E-state index in [9.17, 15) is 0 Å². The zero-order valence-electron chi connectivity index (χ0n) is 12.2. The molecule has 4 heteroatoms. The summed E-state index contributed by atoms with van der Waals surface area (Å²) in [6.45, 7) is 15.8. The molecule has 0 radical (unpaired) electrons. The highest BCUT2D eigenvalue weighted by Crippen LogP contribution is 1.89. The number of hydrogen-bond donors (Lipinski definition) is 2. The molecule has 0 amide bonds. The molecule has 0 aliphatic rings. The van der Waals surface area contributed by atoms with Gasteiger partial charge in [0, 0.05) is 19.1 Å². The topological polar surface area (TPSA) is 39.7 Å². The minimum atomic E-state index is 0.473. The van der Waals surface area contributed by atoms with Crippen LogP contribution in [-0.2, 0) is 0 Å². The standard InChI is InChI=1S/C13H30N4/c1-6-12(5)16-13(14-7-2)15-10-11-17(8-3)9-4/h12H,6-11H2,1-5H3,(H2,14,15,16). The van der Waals surface area contributed by atoms with Crippen LogP contribution in [0.4, 0.5) is 0 Å². The molecule has 4 nitrogen and oxygen atoms in total. The van der Waals surface area contributed by atoms with E-state index in [-0.39, 0.29) is 0 Å². The lowest BCUT2D eigenvalue weighted by Crippen LogP contribution is -2.42. The highest BCUT2D eigenvalue weighted by Gasteiger charge is 2.02. The summed E-state index contributed by atoms with van der Waals surface area (Å²) in [6.07, 6.45) is 1.11. The van der Waals surface area contributed by atoms with E-state index in [2.05, 4.69) is 55.1 Å². The summed E-state index contributed by atoms with van der Waals surface area (Å²) in [5.41, 5.74) is 0. The summed E-state index contributed by atoms with van der Waals surface area (Å²) in [5.74, 6) is 0.939. The first-order chi connectivity index (χ1) is 8.17. The van der Waals surface area contributed by atoms with Crippen LogP contribution < -0.4 is 10.6 Å². The van der Waals surface area contributed by atoms with Gasteiger partial charge in [-0.05, 0) is 33.4 Å². The van der Waals surface area contributed by atoms with Gasteiger partial charge in [0.2, 0.25) is 0 Å². The van der Waals surface area contributed by atoms with Crippen molar-refractivity contribution < 1.29 is 0 Å². The highest BCUT2D eigenvalue weighted by atomic mass is 15.2. The minimum absolute atomic E-state index is 0.473. The summed E-state index contributed by atoms with van der Waals surface area (Å²) < 4.78 is 0. The summed E-state index contributed by atoms with van der Waals surface area (Å²) in [5, 5.41) is 6.68. The number of nitrogens with zero attached hydrogens (tertiary/aromatic N) is 2. The molecule has 0 saturated heterocycles. The van der Waals surface area contributed by atoms with Gasteiger partial charge in [-0.15, -0.1) is 0 Å². The number of rotatable bonds is 8. The number of hydrogen-bond acceptors (Lipinski definition) is 2. The molecule has 2 N–H and O–H groups in total. The molecule has 0 saturated carbocycles. The van der Waals surface area contributed by atoms with Crippen molar-refractivity contribution in [3.05, 3.63) is 0 Å². The van der Waals surface area contributed by atoms with Gasteiger partial charge in [0.15, 0.2) is 5.96 Å². The maximum Gasteiger partial charge on any atom is 0.191 e. The number of nitrogens with one attached hydrogen (secondary N) is 2. The van der Waals surface area contributed by atoms with E-state index < -0.39 is 0 Å². The predicted molar refractivity (Wildman–Crippen MR) is 76.7 cm³/mol. The normalized spacial score (nSPS) is 13.9. The minimum Gasteiger partial charge on any atom is -0.357 e. The van der Waals surface area contributed by atoms with Gasteiger partial charge in [0.05, 0.1) is 6.54 Å². The molecule has 0 fully saturated rings. The van der Waals surface area contributed by atoms with Gasteiger partial charge in [-0.3, -0.25) is 4.99 Å². The van der Waals surface area contributed by atoms with E-state index in [1.807, 2.05) is 0 Å². The number of likely N-dealkylation sites (N-methyl/N-ethyl adjacent to an activating group) is 1. The van der Waals surface area contributed by atoms with E-state index in [0.717, 1.165) is 45.1 Å². The third-order valence-corrected chi connectivity index (χ3v) is 2.92. The fourth-order valence-electron chi connectivity index (χ4n) is 1.50. The second kappa shape index (κ2) is 10.4. The molecule has 1 unspecified atom stereocenters. The van der Waals surface area contributed by atoms with Gasteiger partial charge >= 0.3 is 0 Å². The largest absolute Gasteiger partial charge is 0.357 e. The predicted octanol–water partition coefficient (Wildman–Crippen LogP) is 1.68. The maximum absolute atomic E-state index is 4.59. The van der Waals surface area contributed by atoms with Crippen LogP contribution in [0.15, 0.2) is 4.99 Å². The number of guanidine groups is 1. The number of aliphatic imine (C=N–C) groups is 1. The molecule has 102 valence electrons. The average molecular weight is 242 g/mol. The zero-order valence-corrected chi connectivity index (χ0v) is 12.2. The van der Waals surface area contributed by atoms with E-state index in [0.29, 0.717) is 6.04 Å². The Labute approximate surface area is 107 Å². The van der Waals surface area contributed by atoms with Gasteiger partial charge in [0.1, 0.15) is 0 Å². The Morgan fingerprint density at radius 3 is 2.29 bits per heavy atom. The van der Waals surface area contributed by atoms with Gasteiger partial charge in [-0.25, -0.2) is 0 Å². The van der Waals surface area contributed by atoms with Gasteiger partial charge in [-0.2, -0.15) is 0 Å². The fourth-order valence-corrected chi connectivity index (χ4v) is 1.50. The van der Waals surface area contributed by atoms with Crippen LogP contribution in [-0.4, -0.2) is 49.6 Å². The molecule has 1 atom stereocenters. The molecule has 0 spiro atoms. The van der Waals surface area contributed by atoms with Crippen molar-refractivity contribution in [2.24, 2.45) is 4.99 Å². The molecule has 0 aliphatic carbocycles. The van der Waals surface area contributed by atoms with E-state index >= 15 is 0 Å². The van der Waals surface area contributed by atoms with Crippen LogP contribution in [0.25, 0.3) is 0 Å². The van der Waals surface area contributed by atoms with Crippen molar-refractivity contribution in [1.29, 1.82) is 0 Å². The van der Waals surface area contributed by atoms with Crippen LogP contribution in [0.5, 0.6) is 0 Å². The Kier molecular flexibility index (Phi) is 9.92. The smallest absolute Gasteiger partial charge is 0.191 e. The van der Waals surface area contributed by atoms with Crippen LogP contribution in [0.2, 0.25) is 0 Å². The Bertz CT molecular complexity index is 200. The Morgan fingerprint density at radius 1 is 1.18 bits per heavy atom. The molecule has 0 heterocycles. The molecule has 0 bridgehead atoms. The Balaban J connectivity index is 4.10. The second-order valence-corrected chi connectivity index (χ2v) is 4.24. The van der Waals surface area contributed by atoms with Crippen LogP contribution >= 0.6 is 0 Å². The average Bonchev–Trinajstić information content (AvgIpc) is 2.34. The fraction of sp³-hybridized carbons (Fsp3) is 0.923. The summed E-state index contributed by atoms with van der Waals surface area (Å²) in [6, 6.07) is 0.473. The van der Waals surface area contributed by atoms with Crippen LogP contribution in [0, 0.1) is 0 Å². The monoisotopic (exact) mass is 242 g/mol. The summed E-state index contributed by atoms with van der Waals surface area (Å²) in [7, 11) is 0. The molecular weight excluding hydrogens is 212 g/mol. The first kappa shape index (κ1) is 16.2. The molecular formula is C13H30N4. The third kappa shape index (κ3) is 8.02. The Morgan fingerprint density at radius 2 is 1.82 bits per heavy atom. The highest BCUT2D eigenvalue weighted by molar-refractivity contribution is 5.80.